The van der Waals surface area contributed by atoms with Crippen molar-refractivity contribution in [2.75, 3.05) is 24.6 Å². The number of imide groups is 1. The van der Waals surface area contributed by atoms with Crippen molar-refractivity contribution in [1.29, 1.82) is 0 Å². The number of nitrogens with one attached hydrogen (secondary N) is 2. The van der Waals surface area contributed by atoms with E-state index in [2.05, 4.69) is 16.7 Å². The van der Waals surface area contributed by atoms with Gasteiger partial charge in [0.05, 0.1) is 18.1 Å². The van der Waals surface area contributed by atoms with Crippen LogP contribution >= 0.6 is 0 Å². The number of amides is 3. The average molecular weight is 407 g/mol. The summed E-state index contributed by atoms with van der Waals surface area (Å²) in [6, 6.07) is 5.65. The van der Waals surface area contributed by atoms with Crippen molar-refractivity contribution >= 4 is 23.4 Å². The number of carbonyl (C=O) groups excluding carboxylic acids is 3. The number of rotatable bonds is 5. The van der Waals surface area contributed by atoms with Crippen LogP contribution in [0.15, 0.2) is 18.2 Å². The van der Waals surface area contributed by atoms with Crippen molar-refractivity contribution in [3.05, 3.63) is 29.3 Å². The first-order chi connectivity index (χ1) is 14.5. The van der Waals surface area contributed by atoms with Gasteiger partial charge in [0.15, 0.2) is 0 Å². The molecule has 1 spiro atoms. The largest absolute Gasteiger partial charge is 0.375 e. The molecule has 0 radical (unpaired) electrons. The summed E-state index contributed by atoms with van der Waals surface area (Å²) in [5, 5.41) is 5.67. The fraction of sp³-hybridized carbons (Fsp3) is 0.609. The molecule has 2 saturated heterocycles. The topological polar surface area (TPSA) is 87.7 Å². The van der Waals surface area contributed by atoms with E-state index in [0.717, 1.165) is 51.1 Å². The second kappa shape index (κ2) is 5.32. The number of fused-ring (bicyclic) bond motifs is 3. The minimum atomic E-state index is -0.584. The van der Waals surface area contributed by atoms with Gasteiger partial charge in [-0.25, -0.2) is 0 Å². The molecule has 5 fully saturated rings. The maximum atomic E-state index is 13.6. The first-order valence-electron chi connectivity index (χ1n) is 11.1. The summed E-state index contributed by atoms with van der Waals surface area (Å²) in [4.78, 5) is 39.5. The Kier molecular flexibility index (Phi) is 3.09. The lowest BCUT2D eigenvalue weighted by molar-refractivity contribution is -0.135. The Hall–Kier alpha value is -2.25. The molecular weight excluding hydrogens is 382 g/mol. The quantitative estimate of drug-likeness (QED) is 0.708. The molecule has 1 aromatic rings. The van der Waals surface area contributed by atoms with Crippen molar-refractivity contribution in [3.8, 4) is 0 Å². The minimum Gasteiger partial charge on any atom is -0.375 e. The molecule has 1 atom stereocenters. The minimum absolute atomic E-state index is 0.0551. The number of carbonyl (C=O) groups is 3. The normalized spacial score (nSPS) is 37.5. The Balaban J connectivity index is 1.24. The van der Waals surface area contributed by atoms with E-state index in [9.17, 15) is 14.4 Å². The van der Waals surface area contributed by atoms with Gasteiger partial charge in [-0.2, -0.15) is 0 Å². The van der Waals surface area contributed by atoms with Crippen LogP contribution in [-0.4, -0.2) is 49.6 Å². The Labute approximate surface area is 174 Å². The van der Waals surface area contributed by atoms with Gasteiger partial charge in [0.2, 0.25) is 17.7 Å². The summed E-state index contributed by atoms with van der Waals surface area (Å²) in [5.74, 6) is -0.541. The molecule has 1 unspecified atom stereocenters. The van der Waals surface area contributed by atoms with E-state index in [1.54, 1.807) is 4.90 Å². The average Bonchev–Trinajstić information content (AvgIpc) is 3.57. The van der Waals surface area contributed by atoms with E-state index in [1.807, 2.05) is 12.1 Å². The molecule has 156 valence electrons. The highest BCUT2D eigenvalue weighted by Crippen LogP contribution is 2.87. The summed E-state index contributed by atoms with van der Waals surface area (Å²) < 4.78 is 6.12. The van der Waals surface area contributed by atoms with E-state index in [4.69, 9.17) is 4.74 Å². The highest BCUT2D eigenvalue weighted by atomic mass is 16.5. The van der Waals surface area contributed by atoms with Gasteiger partial charge in [-0.3, -0.25) is 24.6 Å². The van der Waals surface area contributed by atoms with Crippen molar-refractivity contribution < 1.29 is 19.1 Å². The fourth-order valence-electron chi connectivity index (χ4n) is 6.31. The lowest BCUT2D eigenvalue weighted by atomic mass is 9.87. The molecule has 3 aliphatic heterocycles. The smallest absolute Gasteiger partial charge is 0.249 e. The van der Waals surface area contributed by atoms with Crippen LogP contribution in [0, 0.1) is 5.41 Å². The molecule has 7 rings (SSSR count). The van der Waals surface area contributed by atoms with E-state index in [0.29, 0.717) is 12.5 Å². The van der Waals surface area contributed by atoms with Crippen LogP contribution in [0.4, 0.5) is 5.69 Å². The van der Waals surface area contributed by atoms with Gasteiger partial charge < -0.3 is 10.1 Å². The molecule has 6 aliphatic rings. The van der Waals surface area contributed by atoms with Crippen LogP contribution < -0.4 is 15.5 Å². The molecule has 0 aromatic heterocycles. The highest BCUT2D eigenvalue weighted by Gasteiger charge is 2.84. The summed E-state index contributed by atoms with van der Waals surface area (Å²) in [7, 11) is 0. The van der Waals surface area contributed by atoms with Crippen LogP contribution in [0.1, 0.15) is 49.7 Å². The van der Waals surface area contributed by atoms with Crippen molar-refractivity contribution in [2.45, 2.75) is 61.5 Å². The Morgan fingerprint density at radius 1 is 1.13 bits per heavy atom. The van der Waals surface area contributed by atoms with Gasteiger partial charge in [-0.15, -0.1) is 0 Å². The lowest BCUT2D eigenvalue weighted by Crippen LogP contribution is -2.54. The van der Waals surface area contributed by atoms with Crippen LogP contribution in [-0.2, 0) is 30.0 Å². The van der Waals surface area contributed by atoms with Gasteiger partial charge in [-0.05, 0) is 49.3 Å². The van der Waals surface area contributed by atoms with Crippen LogP contribution in [0.3, 0.4) is 0 Å². The van der Waals surface area contributed by atoms with Crippen molar-refractivity contribution in [1.82, 2.24) is 10.6 Å². The Morgan fingerprint density at radius 3 is 2.60 bits per heavy atom. The molecule has 1 aromatic carbocycles. The SMILES string of the molecule is O=C1CCC(N2C(=O)C3(CC3)c3c2cccc3C23CC2(COC2CNC2)C3)C(=O)N1. The Morgan fingerprint density at radius 2 is 1.93 bits per heavy atom. The number of piperidine rings is 1. The van der Waals surface area contributed by atoms with Crippen molar-refractivity contribution in [3.63, 3.8) is 0 Å². The molecule has 3 amide bonds. The van der Waals surface area contributed by atoms with E-state index < -0.39 is 11.5 Å². The third kappa shape index (κ3) is 2.00. The number of anilines is 1. The summed E-state index contributed by atoms with van der Waals surface area (Å²) in [6.45, 7) is 2.70. The molecule has 0 bridgehead atoms. The zero-order chi connectivity index (χ0) is 20.3. The molecule has 30 heavy (non-hydrogen) atoms. The number of ether oxygens (including phenoxy) is 1. The second-order valence-electron chi connectivity index (χ2n) is 10.2. The predicted molar refractivity (Wildman–Crippen MR) is 107 cm³/mol. The zero-order valence-electron chi connectivity index (χ0n) is 16.8. The maximum Gasteiger partial charge on any atom is 0.249 e. The van der Waals surface area contributed by atoms with Gasteiger partial charge in [-0.1, -0.05) is 12.1 Å². The van der Waals surface area contributed by atoms with Gasteiger partial charge in [0, 0.05) is 36.0 Å². The molecule has 7 heteroatoms. The van der Waals surface area contributed by atoms with Gasteiger partial charge in [0.1, 0.15) is 6.04 Å². The number of hydrogen-bond acceptors (Lipinski definition) is 5. The molecule has 7 nitrogen and oxygen atoms in total. The van der Waals surface area contributed by atoms with Gasteiger partial charge in [0.25, 0.3) is 0 Å². The molecule has 3 aliphatic carbocycles. The first-order valence-corrected chi connectivity index (χ1v) is 11.1. The van der Waals surface area contributed by atoms with Gasteiger partial charge >= 0.3 is 0 Å². The van der Waals surface area contributed by atoms with Crippen LogP contribution in [0.5, 0.6) is 0 Å². The number of hydrogen-bond donors (Lipinski definition) is 2. The fourth-order valence-corrected chi connectivity index (χ4v) is 6.31. The summed E-state index contributed by atoms with van der Waals surface area (Å²) in [6.07, 6.45) is 5.01. The standard InChI is InChI=1S/C23H25N3O4/c27-17-5-4-16(19(28)25-17)26-15-3-1-2-14(18(15)22(6-7-22)20(26)29)23-10-21(23,11-23)12-30-13-8-24-9-13/h1-3,13,16,24H,4-12H2,(H,25,27,28). The van der Waals surface area contributed by atoms with Crippen LogP contribution in [0.25, 0.3) is 0 Å². The van der Waals surface area contributed by atoms with E-state index >= 15 is 0 Å². The predicted octanol–water partition coefficient (Wildman–Crippen LogP) is 0.890. The summed E-state index contributed by atoms with van der Waals surface area (Å²) in [5.41, 5.74) is 3.35. The molecule has 2 N–H and O–H groups in total. The number of nitrogens with zero attached hydrogens (tertiary/aromatic N) is 1. The first kappa shape index (κ1) is 17.4. The highest BCUT2D eigenvalue weighted by molar-refractivity contribution is 6.15. The molecule has 3 saturated carbocycles. The zero-order valence-corrected chi connectivity index (χ0v) is 16.8. The number of benzene rings is 1. The maximum absolute atomic E-state index is 13.6. The Bertz CT molecular complexity index is 1020. The van der Waals surface area contributed by atoms with Crippen molar-refractivity contribution in [2.24, 2.45) is 5.41 Å². The van der Waals surface area contributed by atoms with E-state index in [-0.39, 0.29) is 35.0 Å². The monoisotopic (exact) mass is 407 g/mol. The van der Waals surface area contributed by atoms with E-state index in [1.165, 1.54) is 11.1 Å². The second-order valence-corrected chi connectivity index (χ2v) is 10.2. The lowest BCUT2D eigenvalue weighted by Gasteiger charge is -2.30. The molecule has 3 heterocycles. The van der Waals surface area contributed by atoms with Crippen LogP contribution in [0.2, 0.25) is 0 Å². The molecular formula is C23H25N3O4. The third-order valence-electron chi connectivity index (χ3n) is 8.58. The summed E-state index contributed by atoms with van der Waals surface area (Å²) >= 11 is 0. The third-order valence-corrected chi connectivity index (χ3v) is 8.58.